The van der Waals surface area contributed by atoms with E-state index in [0.717, 1.165) is 12.0 Å². The normalized spacial score (nSPS) is 11.7. The Morgan fingerprint density at radius 2 is 2.03 bits per heavy atom. The molecule has 0 atom stereocenters. The highest BCUT2D eigenvalue weighted by Gasteiger charge is 2.25. The Morgan fingerprint density at radius 1 is 1.27 bits per heavy atom. The van der Waals surface area contributed by atoms with Gasteiger partial charge in [-0.2, -0.15) is 0 Å². The number of carbonyl (C=O) groups is 1. The Bertz CT molecular complexity index is 956. The zero-order valence-corrected chi connectivity index (χ0v) is 17.6. The minimum Gasteiger partial charge on any atom is -0.499 e. The number of fused-ring (bicyclic) bond motifs is 1. The fraction of sp³-hybridized carbons (Fsp3) is 0.364. The van der Waals surface area contributed by atoms with Crippen LogP contribution in [-0.2, 0) is 22.5 Å². The molecule has 1 aliphatic heterocycles. The smallest absolute Gasteiger partial charge is 0.278 e. The van der Waals surface area contributed by atoms with Crippen LogP contribution in [0, 0.1) is 12.7 Å². The molecule has 2 aromatic rings. The van der Waals surface area contributed by atoms with Crippen molar-refractivity contribution in [2.45, 2.75) is 40.2 Å². The quantitative estimate of drug-likeness (QED) is 0.388. The van der Waals surface area contributed by atoms with Gasteiger partial charge in [0, 0.05) is 18.3 Å². The lowest BCUT2D eigenvalue weighted by Gasteiger charge is -2.17. The predicted molar refractivity (Wildman–Crippen MR) is 114 cm³/mol. The van der Waals surface area contributed by atoms with Crippen molar-refractivity contribution in [3.63, 3.8) is 0 Å². The standard InChI is InChI=1S/C20H22FN3O4.C2H6/c1-3-27-9-10-28-23-20(26)19-16(12-18(25)24-8-4-5-17(19)24)22-15-7-6-13(2)11-14(15)21;1-2/h3,6-7,11-12,22H,1,4-5,8-10H2,2H3,(H,23,26);1-2H3. The van der Waals surface area contributed by atoms with Crippen molar-refractivity contribution in [1.82, 2.24) is 10.0 Å². The summed E-state index contributed by atoms with van der Waals surface area (Å²) in [7, 11) is 0. The first kappa shape index (κ1) is 23.2. The van der Waals surface area contributed by atoms with Crippen LogP contribution in [-0.4, -0.2) is 23.7 Å². The van der Waals surface area contributed by atoms with E-state index in [-0.39, 0.29) is 35.7 Å². The van der Waals surface area contributed by atoms with Gasteiger partial charge in [0.25, 0.3) is 11.5 Å². The first-order valence-electron chi connectivity index (χ1n) is 9.96. The van der Waals surface area contributed by atoms with Crippen LogP contribution in [0.3, 0.4) is 0 Å². The van der Waals surface area contributed by atoms with Gasteiger partial charge in [-0.15, -0.1) is 0 Å². The Labute approximate surface area is 175 Å². The molecule has 0 unspecified atom stereocenters. The number of rotatable bonds is 8. The van der Waals surface area contributed by atoms with Crippen molar-refractivity contribution >= 4 is 17.3 Å². The van der Waals surface area contributed by atoms with E-state index < -0.39 is 11.7 Å². The average molecular weight is 417 g/mol. The van der Waals surface area contributed by atoms with Crippen LogP contribution < -0.4 is 16.4 Å². The van der Waals surface area contributed by atoms with Gasteiger partial charge in [-0.1, -0.05) is 26.5 Å². The largest absolute Gasteiger partial charge is 0.499 e. The number of benzene rings is 1. The molecule has 0 bridgehead atoms. The van der Waals surface area contributed by atoms with Crippen molar-refractivity contribution in [3.8, 4) is 0 Å². The molecule has 1 aromatic carbocycles. The van der Waals surface area contributed by atoms with Gasteiger partial charge in [-0.3, -0.25) is 14.4 Å². The number of anilines is 2. The summed E-state index contributed by atoms with van der Waals surface area (Å²) in [4.78, 5) is 30.3. The summed E-state index contributed by atoms with van der Waals surface area (Å²) in [5.41, 5.74) is 4.18. The monoisotopic (exact) mass is 417 g/mol. The van der Waals surface area contributed by atoms with E-state index in [1.54, 1.807) is 23.6 Å². The van der Waals surface area contributed by atoms with Crippen molar-refractivity contribution in [1.29, 1.82) is 0 Å². The van der Waals surface area contributed by atoms with Crippen molar-refractivity contribution in [3.05, 3.63) is 70.1 Å². The number of hydrogen-bond acceptors (Lipinski definition) is 5. The second-order valence-electron chi connectivity index (χ2n) is 6.40. The van der Waals surface area contributed by atoms with Crippen molar-refractivity contribution < 1.29 is 18.8 Å². The highest BCUT2D eigenvalue weighted by molar-refractivity contribution is 6.01. The minimum atomic E-state index is -0.515. The second-order valence-corrected chi connectivity index (χ2v) is 6.40. The van der Waals surface area contributed by atoms with Crippen LogP contribution in [0.15, 0.2) is 41.9 Å². The molecule has 0 spiro atoms. The molecule has 0 aliphatic carbocycles. The molecule has 7 nitrogen and oxygen atoms in total. The van der Waals surface area contributed by atoms with E-state index in [2.05, 4.69) is 17.4 Å². The van der Waals surface area contributed by atoms with Gasteiger partial charge < -0.3 is 14.6 Å². The third-order valence-electron chi connectivity index (χ3n) is 4.42. The number of nitrogens with zero attached hydrogens (tertiary/aromatic N) is 1. The second kappa shape index (κ2) is 11.2. The highest BCUT2D eigenvalue weighted by Crippen LogP contribution is 2.28. The van der Waals surface area contributed by atoms with Gasteiger partial charge in [-0.05, 0) is 37.5 Å². The third kappa shape index (κ3) is 5.48. The number of hydrogen-bond donors (Lipinski definition) is 2. The van der Waals surface area contributed by atoms with E-state index in [1.165, 1.54) is 18.4 Å². The van der Waals surface area contributed by atoms with E-state index in [1.807, 2.05) is 13.8 Å². The molecular weight excluding hydrogens is 389 g/mol. The maximum absolute atomic E-state index is 14.3. The number of carbonyl (C=O) groups excluding carboxylic acids is 1. The summed E-state index contributed by atoms with van der Waals surface area (Å²) in [6.07, 6.45) is 2.61. The van der Waals surface area contributed by atoms with Gasteiger partial charge in [0.15, 0.2) is 0 Å². The first-order valence-corrected chi connectivity index (χ1v) is 9.96. The highest BCUT2D eigenvalue weighted by atomic mass is 19.1. The van der Waals surface area contributed by atoms with Gasteiger partial charge in [-0.25, -0.2) is 9.87 Å². The van der Waals surface area contributed by atoms with Crippen LogP contribution in [0.5, 0.6) is 0 Å². The Balaban J connectivity index is 0.00000155. The number of pyridine rings is 1. The Morgan fingerprint density at radius 3 is 2.73 bits per heavy atom. The molecule has 1 amide bonds. The molecule has 30 heavy (non-hydrogen) atoms. The molecular formula is C22H28FN3O4. The number of nitrogens with one attached hydrogen (secondary N) is 2. The molecule has 0 saturated heterocycles. The summed E-state index contributed by atoms with van der Waals surface area (Å²) in [5, 5.41) is 2.89. The lowest BCUT2D eigenvalue weighted by atomic mass is 10.1. The predicted octanol–water partition coefficient (Wildman–Crippen LogP) is 3.83. The summed E-state index contributed by atoms with van der Waals surface area (Å²) < 4.78 is 20.8. The summed E-state index contributed by atoms with van der Waals surface area (Å²) in [6.45, 7) is 10.1. The fourth-order valence-corrected chi connectivity index (χ4v) is 3.17. The number of aryl methyl sites for hydroxylation is 1. The molecule has 0 fully saturated rings. The molecule has 1 aliphatic rings. The zero-order chi connectivity index (χ0) is 22.1. The van der Waals surface area contributed by atoms with Crippen LogP contribution >= 0.6 is 0 Å². The zero-order valence-electron chi connectivity index (χ0n) is 17.6. The lowest BCUT2D eigenvalue weighted by molar-refractivity contribution is 0.0144. The minimum absolute atomic E-state index is 0.127. The summed E-state index contributed by atoms with van der Waals surface area (Å²) in [5.74, 6) is -0.982. The lowest BCUT2D eigenvalue weighted by Crippen LogP contribution is -2.30. The topological polar surface area (TPSA) is 81.6 Å². The molecule has 2 heterocycles. The number of halogens is 1. The van der Waals surface area contributed by atoms with Gasteiger partial charge in [0.05, 0.1) is 23.2 Å². The molecule has 1 aromatic heterocycles. The molecule has 0 radical (unpaired) electrons. The molecule has 2 N–H and O–H groups in total. The van der Waals surface area contributed by atoms with E-state index in [0.29, 0.717) is 18.7 Å². The van der Waals surface area contributed by atoms with Crippen LogP contribution in [0.1, 0.15) is 41.9 Å². The maximum atomic E-state index is 14.3. The number of amides is 1. The number of ether oxygens (including phenoxy) is 1. The van der Waals surface area contributed by atoms with Crippen molar-refractivity contribution in [2.75, 3.05) is 18.5 Å². The van der Waals surface area contributed by atoms with Crippen molar-refractivity contribution in [2.24, 2.45) is 0 Å². The SMILES string of the molecule is C=COCCONC(=O)c1c(Nc2ccc(C)cc2F)cc(=O)n2c1CCC2.CC. The molecule has 8 heteroatoms. The average Bonchev–Trinajstić information content (AvgIpc) is 3.22. The third-order valence-corrected chi connectivity index (χ3v) is 4.42. The summed E-state index contributed by atoms with van der Waals surface area (Å²) >= 11 is 0. The van der Waals surface area contributed by atoms with E-state index >= 15 is 0 Å². The molecule has 162 valence electrons. The first-order chi connectivity index (χ1) is 14.5. The number of aromatic nitrogens is 1. The van der Waals surface area contributed by atoms with E-state index in [4.69, 9.17) is 9.57 Å². The van der Waals surface area contributed by atoms with Crippen LogP contribution in [0.4, 0.5) is 15.8 Å². The maximum Gasteiger partial charge on any atom is 0.278 e. The van der Waals surface area contributed by atoms with Gasteiger partial charge >= 0.3 is 0 Å². The van der Waals surface area contributed by atoms with Crippen LogP contribution in [0.2, 0.25) is 0 Å². The fourth-order valence-electron chi connectivity index (χ4n) is 3.17. The molecule has 3 rings (SSSR count). The van der Waals surface area contributed by atoms with E-state index in [9.17, 15) is 14.0 Å². The number of hydroxylamine groups is 1. The van der Waals surface area contributed by atoms with Gasteiger partial charge in [0.1, 0.15) is 19.0 Å². The van der Waals surface area contributed by atoms with Gasteiger partial charge in [0.2, 0.25) is 0 Å². The Kier molecular flexibility index (Phi) is 8.61. The summed E-state index contributed by atoms with van der Waals surface area (Å²) in [6, 6.07) is 6.00. The Hall–Kier alpha value is -3.13. The molecule has 0 saturated carbocycles. The van der Waals surface area contributed by atoms with Crippen LogP contribution in [0.25, 0.3) is 0 Å².